The molecule has 1 heterocycles. The predicted molar refractivity (Wildman–Crippen MR) is 88.1 cm³/mol. The molecule has 0 bridgehead atoms. The number of nitrogens with one attached hydrogen (secondary N) is 1. The molecule has 0 atom stereocenters. The van der Waals surface area contributed by atoms with E-state index in [0.29, 0.717) is 24.7 Å². The van der Waals surface area contributed by atoms with Crippen molar-refractivity contribution in [3.63, 3.8) is 0 Å². The van der Waals surface area contributed by atoms with Crippen LogP contribution in [0.25, 0.3) is 0 Å². The lowest BCUT2D eigenvalue weighted by molar-refractivity contribution is 0.171. The van der Waals surface area contributed by atoms with Crippen LogP contribution < -0.4 is 14.2 Å². The first-order valence-corrected chi connectivity index (χ1v) is 9.08. The molecule has 0 aromatic heterocycles. The molecule has 0 aliphatic carbocycles. The summed E-state index contributed by atoms with van der Waals surface area (Å²) in [6, 6.07) is 12.9. The number of hydrogen-bond donors (Lipinski definition) is 1. The molecular formula is C17H19NO4S. The van der Waals surface area contributed by atoms with Gasteiger partial charge in [-0.25, -0.2) is 13.1 Å². The standard InChI is InChI=1S/C17H19NO4S/c1-13-3-2-4-15(9-13)12-23(19,20)18-11-14-5-6-16-17(10-14)22-8-7-21-16/h2-6,9-10,18H,7-8,11-12H2,1H3. The van der Waals surface area contributed by atoms with E-state index >= 15 is 0 Å². The summed E-state index contributed by atoms with van der Waals surface area (Å²) in [5.41, 5.74) is 2.66. The number of rotatable bonds is 5. The van der Waals surface area contributed by atoms with E-state index in [1.807, 2.05) is 43.3 Å². The average molecular weight is 333 g/mol. The van der Waals surface area contributed by atoms with E-state index in [4.69, 9.17) is 9.47 Å². The van der Waals surface area contributed by atoms with E-state index in [-0.39, 0.29) is 12.3 Å². The lowest BCUT2D eigenvalue weighted by Crippen LogP contribution is -2.25. The average Bonchev–Trinajstić information content (AvgIpc) is 2.52. The zero-order chi connectivity index (χ0) is 16.3. The van der Waals surface area contributed by atoms with Crippen molar-refractivity contribution in [1.29, 1.82) is 0 Å². The van der Waals surface area contributed by atoms with Crippen molar-refractivity contribution in [1.82, 2.24) is 4.72 Å². The molecule has 6 heteroatoms. The van der Waals surface area contributed by atoms with Gasteiger partial charge < -0.3 is 9.47 Å². The van der Waals surface area contributed by atoms with E-state index in [1.165, 1.54) is 0 Å². The highest BCUT2D eigenvalue weighted by molar-refractivity contribution is 7.88. The maximum absolute atomic E-state index is 12.2. The van der Waals surface area contributed by atoms with Gasteiger partial charge in [-0.05, 0) is 30.2 Å². The van der Waals surface area contributed by atoms with Crippen molar-refractivity contribution in [3.05, 3.63) is 59.2 Å². The van der Waals surface area contributed by atoms with Crippen molar-refractivity contribution in [2.24, 2.45) is 0 Å². The highest BCUT2D eigenvalue weighted by atomic mass is 32.2. The summed E-state index contributed by atoms with van der Waals surface area (Å²) < 4.78 is 38.0. The molecule has 5 nitrogen and oxygen atoms in total. The second kappa shape index (κ2) is 6.60. The molecule has 1 aliphatic heterocycles. The Bertz CT molecular complexity index is 802. The Balaban J connectivity index is 1.65. The summed E-state index contributed by atoms with van der Waals surface area (Å²) in [4.78, 5) is 0. The zero-order valence-corrected chi connectivity index (χ0v) is 13.7. The molecule has 0 fully saturated rings. The fraction of sp³-hybridized carbons (Fsp3) is 0.294. The van der Waals surface area contributed by atoms with Crippen LogP contribution in [0.15, 0.2) is 42.5 Å². The number of benzene rings is 2. The van der Waals surface area contributed by atoms with Crippen molar-refractivity contribution in [2.45, 2.75) is 19.2 Å². The maximum Gasteiger partial charge on any atom is 0.216 e. The smallest absolute Gasteiger partial charge is 0.216 e. The van der Waals surface area contributed by atoms with Crippen LogP contribution in [0.3, 0.4) is 0 Å². The second-order valence-electron chi connectivity index (χ2n) is 5.55. The van der Waals surface area contributed by atoms with Crippen LogP contribution in [0.4, 0.5) is 0 Å². The number of sulfonamides is 1. The third-order valence-corrected chi connectivity index (χ3v) is 4.84. The van der Waals surface area contributed by atoms with Gasteiger partial charge in [0.1, 0.15) is 13.2 Å². The van der Waals surface area contributed by atoms with Crippen LogP contribution in [0.1, 0.15) is 16.7 Å². The van der Waals surface area contributed by atoms with E-state index in [1.54, 1.807) is 6.07 Å². The Hall–Kier alpha value is -2.05. The first-order chi connectivity index (χ1) is 11.0. The summed E-state index contributed by atoms with van der Waals surface area (Å²) >= 11 is 0. The molecule has 1 N–H and O–H groups in total. The van der Waals surface area contributed by atoms with Gasteiger partial charge in [0, 0.05) is 6.54 Å². The first-order valence-electron chi connectivity index (χ1n) is 7.43. The number of hydrogen-bond acceptors (Lipinski definition) is 4. The van der Waals surface area contributed by atoms with Gasteiger partial charge >= 0.3 is 0 Å². The minimum Gasteiger partial charge on any atom is -0.486 e. The molecule has 0 saturated carbocycles. The van der Waals surface area contributed by atoms with E-state index < -0.39 is 10.0 Å². The molecule has 0 saturated heterocycles. The summed E-state index contributed by atoms with van der Waals surface area (Å²) in [6.45, 7) is 3.22. The molecule has 0 amide bonds. The third kappa shape index (κ3) is 4.24. The van der Waals surface area contributed by atoms with Crippen molar-refractivity contribution < 1.29 is 17.9 Å². The summed E-state index contributed by atoms with van der Waals surface area (Å²) in [5, 5.41) is 0. The van der Waals surface area contributed by atoms with Crippen molar-refractivity contribution in [3.8, 4) is 11.5 Å². The molecule has 0 radical (unpaired) electrons. The molecule has 122 valence electrons. The lowest BCUT2D eigenvalue weighted by atomic mass is 10.2. The fourth-order valence-corrected chi connectivity index (χ4v) is 3.57. The maximum atomic E-state index is 12.2. The lowest BCUT2D eigenvalue weighted by Gasteiger charge is -2.19. The van der Waals surface area contributed by atoms with Gasteiger partial charge in [-0.3, -0.25) is 0 Å². The van der Waals surface area contributed by atoms with E-state index in [2.05, 4.69) is 4.72 Å². The Morgan fingerprint density at radius 2 is 1.78 bits per heavy atom. The summed E-state index contributed by atoms with van der Waals surface area (Å²) in [6.07, 6.45) is 0. The fourth-order valence-electron chi connectivity index (χ4n) is 2.46. The van der Waals surface area contributed by atoms with Crippen LogP contribution in [0.2, 0.25) is 0 Å². The monoisotopic (exact) mass is 333 g/mol. The van der Waals surface area contributed by atoms with Gasteiger partial charge in [0.05, 0.1) is 5.75 Å². The minimum absolute atomic E-state index is 0.0285. The molecule has 23 heavy (non-hydrogen) atoms. The van der Waals surface area contributed by atoms with Crippen LogP contribution >= 0.6 is 0 Å². The number of fused-ring (bicyclic) bond motifs is 1. The Labute approximate surface area is 136 Å². The summed E-state index contributed by atoms with van der Waals surface area (Å²) in [5.74, 6) is 1.33. The largest absolute Gasteiger partial charge is 0.486 e. The molecule has 1 aliphatic rings. The highest BCUT2D eigenvalue weighted by Crippen LogP contribution is 2.30. The van der Waals surface area contributed by atoms with Gasteiger partial charge in [-0.1, -0.05) is 35.9 Å². The van der Waals surface area contributed by atoms with Crippen molar-refractivity contribution >= 4 is 10.0 Å². The normalized spacial score (nSPS) is 13.8. The molecule has 0 unspecified atom stereocenters. The Morgan fingerprint density at radius 3 is 2.57 bits per heavy atom. The van der Waals surface area contributed by atoms with Gasteiger partial charge in [0.25, 0.3) is 0 Å². The number of aryl methyl sites for hydroxylation is 1. The molecule has 0 spiro atoms. The summed E-state index contributed by atoms with van der Waals surface area (Å²) in [7, 11) is -3.39. The van der Waals surface area contributed by atoms with Gasteiger partial charge in [-0.15, -0.1) is 0 Å². The Kier molecular flexibility index (Phi) is 4.54. The molecule has 3 rings (SSSR count). The van der Waals surface area contributed by atoms with Crippen LogP contribution in [-0.2, 0) is 22.3 Å². The highest BCUT2D eigenvalue weighted by Gasteiger charge is 2.14. The minimum atomic E-state index is -3.39. The zero-order valence-electron chi connectivity index (χ0n) is 12.9. The first kappa shape index (κ1) is 15.8. The number of ether oxygens (including phenoxy) is 2. The Morgan fingerprint density at radius 1 is 1.00 bits per heavy atom. The third-order valence-electron chi connectivity index (χ3n) is 3.54. The topological polar surface area (TPSA) is 64.6 Å². The van der Waals surface area contributed by atoms with Crippen molar-refractivity contribution in [2.75, 3.05) is 13.2 Å². The molecular weight excluding hydrogens is 314 g/mol. The van der Waals surface area contributed by atoms with Gasteiger partial charge in [-0.2, -0.15) is 0 Å². The van der Waals surface area contributed by atoms with E-state index in [0.717, 1.165) is 16.7 Å². The predicted octanol–water partition coefficient (Wildman–Crippen LogP) is 2.39. The van der Waals surface area contributed by atoms with E-state index in [9.17, 15) is 8.42 Å². The van der Waals surface area contributed by atoms with Gasteiger partial charge in [0.15, 0.2) is 11.5 Å². The second-order valence-corrected chi connectivity index (χ2v) is 7.35. The van der Waals surface area contributed by atoms with Crippen LogP contribution in [0.5, 0.6) is 11.5 Å². The quantitative estimate of drug-likeness (QED) is 0.912. The molecule has 2 aromatic rings. The van der Waals surface area contributed by atoms with Crippen LogP contribution in [0, 0.1) is 6.92 Å². The van der Waals surface area contributed by atoms with Gasteiger partial charge in [0.2, 0.25) is 10.0 Å². The molecule has 2 aromatic carbocycles. The van der Waals surface area contributed by atoms with Crippen LogP contribution in [-0.4, -0.2) is 21.6 Å². The SMILES string of the molecule is Cc1cccc(CS(=O)(=O)NCc2ccc3c(c2)OCCO3)c1.